The van der Waals surface area contributed by atoms with Crippen LogP contribution in [0.15, 0.2) is 60.7 Å². The van der Waals surface area contributed by atoms with Gasteiger partial charge in [0.2, 0.25) is 11.2 Å². The number of rotatable bonds is 7. The zero-order chi connectivity index (χ0) is 30.2. The van der Waals surface area contributed by atoms with Gasteiger partial charge in [-0.1, -0.05) is 6.07 Å². The molecule has 1 aromatic heterocycles. The number of nitrogens with one attached hydrogen (secondary N) is 2. The first-order valence-corrected chi connectivity index (χ1v) is 13.8. The lowest BCUT2D eigenvalue weighted by Crippen LogP contribution is -2.32. The SMILES string of the molecule is CCOC(=O)Nc1ccc2c(c1)c(-c1ccc(OC)cc1)[n+](C)c1cc(NC(=O)OCC)ccc21.COS(=O)(=O)O. The van der Waals surface area contributed by atoms with E-state index in [-0.39, 0.29) is 6.61 Å². The molecule has 0 unspecified atom stereocenters. The summed E-state index contributed by atoms with van der Waals surface area (Å²) in [6, 6.07) is 19.3. The van der Waals surface area contributed by atoms with E-state index in [0.29, 0.717) is 18.0 Å². The van der Waals surface area contributed by atoms with Crippen molar-refractivity contribution in [2.24, 2.45) is 7.05 Å². The van der Waals surface area contributed by atoms with Gasteiger partial charge >= 0.3 is 22.6 Å². The molecule has 3 N–H and O–H groups in total. The summed E-state index contributed by atoms with van der Waals surface area (Å²) < 4.78 is 47.2. The lowest BCUT2D eigenvalue weighted by molar-refractivity contribution is -0.632. The van der Waals surface area contributed by atoms with Crippen LogP contribution in [0.5, 0.6) is 5.75 Å². The highest BCUT2D eigenvalue weighted by atomic mass is 32.3. The van der Waals surface area contributed by atoms with Gasteiger partial charge in [-0.25, -0.2) is 9.59 Å². The van der Waals surface area contributed by atoms with Crippen molar-refractivity contribution in [2.75, 3.05) is 38.1 Å². The van der Waals surface area contributed by atoms with Crippen LogP contribution < -0.4 is 19.9 Å². The van der Waals surface area contributed by atoms with Crippen LogP contribution in [0.1, 0.15) is 13.8 Å². The molecule has 0 bridgehead atoms. The number of amides is 2. The quantitative estimate of drug-likeness (QED) is 0.153. The molecule has 0 fully saturated rings. The van der Waals surface area contributed by atoms with E-state index < -0.39 is 22.6 Å². The van der Waals surface area contributed by atoms with Crippen molar-refractivity contribution in [2.45, 2.75) is 13.8 Å². The minimum atomic E-state index is -4.16. The summed E-state index contributed by atoms with van der Waals surface area (Å²) in [6.07, 6.45) is -1.00. The maximum absolute atomic E-state index is 12.0. The maximum Gasteiger partial charge on any atom is 0.411 e. The van der Waals surface area contributed by atoms with Gasteiger partial charge in [-0.05, 0) is 62.4 Å². The molecule has 4 rings (SSSR count). The molecule has 0 aliphatic heterocycles. The Balaban J connectivity index is 0.000000696. The maximum atomic E-state index is 12.0. The predicted octanol–water partition coefficient (Wildman–Crippen LogP) is 5.07. The summed E-state index contributed by atoms with van der Waals surface area (Å²) in [5.41, 5.74) is 4.09. The summed E-state index contributed by atoms with van der Waals surface area (Å²) in [6.45, 7) is 4.11. The number of aryl methyl sites for hydroxylation is 1. The van der Waals surface area contributed by atoms with E-state index in [2.05, 4.69) is 19.4 Å². The molecule has 0 spiro atoms. The van der Waals surface area contributed by atoms with Gasteiger partial charge < -0.3 is 14.2 Å². The monoisotopic (exact) mass is 586 g/mol. The first-order valence-electron chi connectivity index (χ1n) is 12.5. The molecule has 1 heterocycles. The third-order valence-electron chi connectivity index (χ3n) is 5.88. The molecule has 0 saturated carbocycles. The Morgan fingerprint density at radius 3 is 1.80 bits per heavy atom. The van der Waals surface area contributed by atoms with Crippen LogP contribution >= 0.6 is 0 Å². The molecular weight excluding hydrogens is 554 g/mol. The Kier molecular flexibility index (Phi) is 10.4. The standard InChI is InChI=1S/C27H27N3O5.CH4O4S/c1-5-34-26(31)28-18-9-13-21-22-14-10-19(29-27(32)35-6-2)16-24(22)30(3)25(23(21)15-18)17-7-11-20(33-4)12-8-17;1-5-6(2,3)4/h7-16H,5-6H2,1-4H3,(H,28,31);1H3,(H,2,3,4)/p+1. The Morgan fingerprint density at radius 2 is 1.32 bits per heavy atom. The second-order valence-corrected chi connectivity index (χ2v) is 9.60. The van der Waals surface area contributed by atoms with Gasteiger partial charge in [0.1, 0.15) is 12.8 Å². The van der Waals surface area contributed by atoms with Crippen molar-refractivity contribution in [1.29, 1.82) is 0 Å². The predicted molar refractivity (Wildman–Crippen MR) is 154 cm³/mol. The first kappa shape index (κ1) is 31.1. The summed E-state index contributed by atoms with van der Waals surface area (Å²) in [4.78, 5) is 24.0. The molecule has 0 saturated heterocycles. The van der Waals surface area contributed by atoms with E-state index in [1.807, 2.05) is 67.7 Å². The third-order valence-corrected chi connectivity index (χ3v) is 6.30. The Labute approximate surface area is 237 Å². The molecule has 41 heavy (non-hydrogen) atoms. The van der Waals surface area contributed by atoms with Crippen LogP contribution in [0.25, 0.3) is 32.9 Å². The van der Waals surface area contributed by atoms with Crippen molar-refractivity contribution in [3.63, 3.8) is 0 Å². The van der Waals surface area contributed by atoms with Crippen molar-refractivity contribution >= 4 is 55.6 Å². The smallest absolute Gasteiger partial charge is 0.411 e. The number of aromatic nitrogens is 1. The van der Waals surface area contributed by atoms with Gasteiger partial charge in [0, 0.05) is 22.7 Å². The molecular formula is C28H32N3O9S+. The summed E-state index contributed by atoms with van der Waals surface area (Å²) >= 11 is 0. The molecule has 0 radical (unpaired) electrons. The van der Waals surface area contributed by atoms with E-state index in [0.717, 1.165) is 45.8 Å². The van der Waals surface area contributed by atoms with E-state index in [1.54, 1.807) is 21.0 Å². The van der Waals surface area contributed by atoms with Gasteiger partial charge in [0.05, 0.1) is 43.9 Å². The molecule has 0 aliphatic rings. The summed E-state index contributed by atoms with van der Waals surface area (Å²) in [7, 11) is 0.312. The number of fused-ring (bicyclic) bond motifs is 3. The number of benzene rings is 3. The average molecular weight is 587 g/mol. The van der Waals surface area contributed by atoms with Crippen molar-refractivity contribution in [3.8, 4) is 17.0 Å². The van der Waals surface area contributed by atoms with Crippen LogP contribution in [-0.2, 0) is 31.1 Å². The number of ether oxygens (including phenoxy) is 3. The lowest BCUT2D eigenvalue weighted by Gasteiger charge is -2.13. The summed E-state index contributed by atoms with van der Waals surface area (Å²) in [5.74, 6) is 0.757. The molecule has 0 aliphatic carbocycles. The second kappa shape index (κ2) is 13.7. The van der Waals surface area contributed by atoms with E-state index in [9.17, 15) is 18.0 Å². The van der Waals surface area contributed by atoms with Gasteiger partial charge in [0.25, 0.3) is 0 Å². The average Bonchev–Trinajstić information content (AvgIpc) is 2.94. The molecule has 218 valence electrons. The molecule has 12 nitrogen and oxygen atoms in total. The van der Waals surface area contributed by atoms with Crippen LogP contribution in [0.4, 0.5) is 21.0 Å². The molecule has 0 atom stereocenters. The van der Waals surface area contributed by atoms with Gasteiger partial charge in [-0.15, -0.1) is 0 Å². The fourth-order valence-electron chi connectivity index (χ4n) is 4.14. The number of hydrogen-bond donors (Lipinski definition) is 3. The minimum Gasteiger partial charge on any atom is -0.497 e. The minimum absolute atomic E-state index is 0.290. The van der Waals surface area contributed by atoms with Crippen LogP contribution in [-0.4, -0.2) is 52.6 Å². The Hall–Kier alpha value is -4.46. The fourth-order valence-corrected chi connectivity index (χ4v) is 4.14. The van der Waals surface area contributed by atoms with Crippen molar-refractivity contribution < 1.29 is 45.5 Å². The highest BCUT2D eigenvalue weighted by molar-refractivity contribution is 7.80. The molecule has 2 amide bonds. The number of hydrogen-bond acceptors (Lipinski definition) is 8. The number of nitrogens with zero attached hydrogens (tertiary/aromatic N) is 1. The number of anilines is 2. The number of methoxy groups -OCH3 is 1. The molecule has 3 aromatic carbocycles. The van der Waals surface area contributed by atoms with Crippen LogP contribution in [0.2, 0.25) is 0 Å². The fraction of sp³-hybridized carbons (Fsp3) is 0.250. The normalized spacial score (nSPS) is 10.9. The number of carbonyl (C=O) groups excluding carboxylic acids is 2. The highest BCUT2D eigenvalue weighted by Crippen LogP contribution is 2.34. The van der Waals surface area contributed by atoms with Gasteiger partial charge in [-0.3, -0.25) is 19.4 Å². The summed E-state index contributed by atoms with van der Waals surface area (Å²) in [5, 5.41) is 8.51. The molecule has 4 aromatic rings. The van der Waals surface area contributed by atoms with Crippen LogP contribution in [0, 0.1) is 0 Å². The lowest BCUT2D eigenvalue weighted by atomic mass is 9.98. The van der Waals surface area contributed by atoms with Crippen molar-refractivity contribution in [1.82, 2.24) is 0 Å². The largest absolute Gasteiger partial charge is 0.497 e. The van der Waals surface area contributed by atoms with Crippen LogP contribution in [0.3, 0.4) is 0 Å². The third kappa shape index (κ3) is 8.03. The topological polar surface area (TPSA) is 153 Å². The number of pyridine rings is 1. The Bertz CT molecular complexity index is 1660. The van der Waals surface area contributed by atoms with E-state index in [4.69, 9.17) is 18.8 Å². The van der Waals surface area contributed by atoms with E-state index in [1.165, 1.54) is 0 Å². The highest BCUT2D eigenvalue weighted by Gasteiger charge is 2.22. The van der Waals surface area contributed by atoms with E-state index >= 15 is 0 Å². The number of carbonyl (C=O) groups is 2. The van der Waals surface area contributed by atoms with Crippen molar-refractivity contribution in [3.05, 3.63) is 60.7 Å². The zero-order valence-corrected chi connectivity index (χ0v) is 24.1. The second-order valence-electron chi connectivity index (χ2n) is 8.41. The molecule has 13 heteroatoms. The van der Waals surface area contributed by atoms with Gasteiger partial charge in [-0.2, -0.15) is 13.0 Å². The zero-order valence-electron chi connectivity index (χ0n) is 23.3. The first-order chi connectivity index (χ1) is 19.5. The van der Waals surface area contributed by atoms with Gasteiger partial charge in [0.15, 0.2) is 0 Å². The Morgan fingerprint density at radius 1 is 0.805 bits per heavy atom.